The SMILES string of the molecule is C=CCO[C@@H]1[C@H]2OC(C)(C)O[C@H]2O[C@@H]1CN[C@@H](CCO)[C@H]1O[C@@H]2OC(C)(C)O[C@@H]2[C@H]2OC(C)(C)O[C@H]21. The predicted molar refractivity (Wildman–Crippen MR) is 125 cm³/mol. The molecule has 0 aromatic rings. The number of hydrogen-bond acceptors (Lipinski definition) is 11. The van der Waals surface area contributed by atoms with E-state index in [1.165, 1.54) is 0 Å². The fourth-order valence-corrected chi connectivity index (χ4v) is 5.85. The van der Waals surface area contributed by atoms with Gasteiger partial charge in [0, 0.05) is 19.2 Å². The fraction of sp³-hybridized carbons (Fsp3) is 0.920. The van der Waals surface area contributed by atoms with Gasteiger partial charge in [0.1, 0.15) is 42.7 Å². The monoisotopic (exact) mass is 515 g/mol. The number of aliphatic hydroxyl groups is 1. The standard InChI is InChI=1S/C25H41NO10/c1-8-11-28-16-14(29-21-19(16)33-24(4,5)35-21)12-26-13(9-10-27)15-17-18(32-23(2,3)31-17)20-22(30-15)36-25(6,7)34-20/h8,13-22,26-27H,1,9-12H2,2-7H3/t13-,14+,15+,16-,17-,18-,19+,20+,21+,22+/m0/s1. The summed E-state index contributed by atoms with van der Waals surface area (Å²) in [6.07, 6.45) is -1.69. The zero-order valence-electron chi connectivity index (χ0n) is 22.0. The molecule has 0 aromatic carbocycles. The highest BCUT2D eigenvalue weighted by molar-refractivity contribution is 5.04. The molecule has 0 aromatic heterocycles. The fourth-order valence-electron chi connectivity index (χ4n) is 5.85. The van der Waals surface area contributed by atoms with Crippen molar-refractivity contribution in [3.63, 3.8) is 0 Å². The molecule has 0 radical (unpaired) electrons. The molecule has 0 amide bonds. The second-order valence-corrected chi connectivity index (χ2v) is 11.4. The summed E-state index contributed by atoms with van der Waals surface area (Å²) in [6.45, 7) is 15.7. The number of rotatable bonds is 9. The molecule has 5 saturated heterocycles. The Labute approximate surface area is 212 Å². The molecule has 11 heteroatoms. The van der Waals surface area contributed by atoms with E-state index in [2.05, 4.69) is 11.9 Å². The van der Waals surface area contributed by atoms with Crippen molar-refractivity contribution >= 4 is 0 Å². The molecule has 5 aliphatic rings. The lowest BCUT2D eigenvalue weighted by Crippen LogP contribution is -2.61. The molecule has 0 saturated carbocycles. The van der Waals surface area contributed by atoms with Crippen LogP contribution in [0.4, 0.5) is 0 Å². The molecule has 5 heterocycles. The Morgan fingerprint density at radius 3 is 2.08 bits per heavy atom. The van der Waals surface area contributed by atoms with Gasteiger partial charge in [-0.2, -0.15) is 0 Å². The third-order valence-electron chi connectivity index (χ3n) is 7.10. The molecule has 0 unspecified atom stereocenters. The molecule has 5 fully saturated rings. The molecule has 5 rings (SSSR count). The van der Waals surface area contributed by atoms with Gasteiger partial charge < -0.3 is 53.1 Å². The first-order valence-corrected chi connectivity index (χ1v) is 12.9. The van der Waals surface area contributed by atoms with E-state index < -0.39 is 48.3 Å². The second-order valence-electron chi connectivity index (χ2n) is 11.4. The first-order chi connectivity index (χ1) is 16.9. The van der Waals surface area contributed by atoms with Crippen molar-refractivity contribution in [1.82, 2.24) is 5.32 Å². The Morgan fingerprint density at radius 1 is 0.833 bits per heavy atom. The van der Waals surface area contributed by atoms with E-state index in [0.29, 0.717) is 19.6 Å². The van der Waals surface area contributed by atoms with E-state index >= 15 is 0 Å². The van der Waals surface area contributed by atoms with Gasteiger partial charge in [0.15, 0.2) is 29.9 Å². The first kappa shape index (κ1) is 26.9. The van der Waals surface area contributed by atoms with Crippen molar-refractivity contribution < 1.29 is 47.7 Å². The van der Waals surface area contributed by atoms with Gasteiger partial charge in [-0.15, -0.1) is 6.58 Å². The smallest absolute Gasteiger partial charge is 0.190 e. The van der Waals surface area contributed by atoms with E-state index in [4.69, 9.17) is 42.6 Å². The number of fused-ring (bicyclic) bond motifs is 4. The van der Waals surface area contributed by atoms with Crippen LogP contribution in [0.15, 0.2) is 12.7 Å². The van der Waals surface area contributed by atoms with Crippen molar-refractivity contribution in [3.05, 3.63) is 12.7 Å². The maximum Gasteiger partial charge on any atom is 0.190 e. The Bertz CT molecular complexity index is 806. The van der Waals surface area contributed by atoms with Gasteiger partial charge in [-0.1, -0.05) is 6.08 Å². The molecule has 206 valence electrons. The Hall–Kier alpha value is -0.700. The molecule has 5 aliphatic heterocycles. The van der Waals surface area contributed by atoms with Crippen LogP contribution in [0.25, 0.3) is 0 Å². The molecule has 0 aliphatic carbocycles. The summed E-state index contributed by atoms with van der Waals surface area (Å²) >= 11 is 0. The van der Waals surface area contributed by atoms with Gasteiger partial charge in [-0.3, -0.25) is 0 Å². The van der Waals surface area contributed by atoms with Crippen LogP contribution in [0, 0.1) is 0 Å². The van der Waals surface area contributed by atoms with E-state index in [9.17, 15) is 5.11 Å². The zero-order chi connectivity index (χ0) is 25.9. The van der Waals surface area contributed by atoms with Crippen LogP contribution >= 0.6 is 0 Å². The van der Waals surface area contributed by atoms with E-state index in [-0.39, 0.29) is 37.1 Å². The Morgan fingerprint density at radius 2 is 1.42 bits per heavy atom. The van der Waals surface area contributed by atoms with E-state index in [0.717, 1.165) is 0 Å². The highest BCUT2D eigenvalue weighted by Crippen LogP contribution is 2.45. The molecule has 0 spiro atoms. The third kappa shape index (κ3) is 5.26. The van der Waals surface area contributed by atoms with Gasteiger partial charge in [-0.05, 0) is 48.0 Å². The minimum absolute atomic E-state index is 0.0380. The van der Waals surface area contributed by atoms with Crippen molar-refractivity contribution in [3.8, 4) is 0 Å². The molecular weight excluding hydrogens is 474 g/mol. The van der Waals surface area contributed by atoms with Crippen molar-refractivity contribution in [2.75, 3.05) is 19.8 Å². The Kier molecular flexibility index (Phi) is 7.32. The lowest BCUT2D eigenvalue weighted by atomic mass is 9.92. The highest BCUT2D eigenvalue weighted by Gasteiger charge is 2.62. The molecule has 2 N–H and O–H groups in total. The van der Waals surface area contributed by atoms with Crippen molar-refractivity contribution in [2.45, 2.75) is 127 Å². The van der Waals surface area contributed by atoms with Crippen LogP contribution in [0.1, 0.15) is 48.0 Å². The van der Waals surface area contributed by atoms with E-state index in [1.807, 2.05) is 41.5 Å². The summed E-state index contributed by atoms with van der Waals surface area (Å²) in [5.74, 6) is -2.35. The average Bonchev–Trinajstić information content (AvgIpc) is 3.45. The third-order valence-corrected chi connectivity index (χ3v) is 7.10. The van der Waals surface area contributed by atoms with Crippen molar-refractivity contribution in [2.24, 2.45) is 0 Å². The van der Waals surface area contributed by atoms with Gasteiger partial charge in [0.2, 0.25) is 0 Å². The molecule has 11 nitrogen and oxygen atoms in total. The molecule has 10 atom stereocenters. The van der Waals surface area contributed by atoms with Crippen LogP contribution in [0.5, 0.6) is 0 Å². The topological polar surface area (TPSA) is 115 Å². The number of hydrogen-bond donors (Lipinski definition) is 2. The zero-order valence-corrected chi connectivity index (χ0v) is 22.0. The predicted octanol–water partition coefficient (Wildman–Crippen LogP) is 1.17. The largest absolute Gasteiger partial charge is 0.396 e. The molecule has 0 bridgehead atoms. The lowest BCUT2D eigenvalue weighted by molar-refractivity contribution is -0.241. The summed E-state index contributed by atoms with van der Waals surface area (Å²) < 4.78 is 55.3. The molecular formula is C25H41NO10. The van der Waals surface area contributed by atoms with Gasteiger partial charge >= 0.3 is 0 Å². The second kappa shape index (κ2) is 9.80. The maximum absolute atomic E-state index is 9.90. The average molecular weight is 516 g/mol. The minimum atomic E-state index is -0.803. The summed E-state index contributed by atoms with van der Waals surface area (Å²) in [4.78, 5) is 0. The van der Waals surface area contributed by atoms with Gasteiger partial charge in [0.25, 0.3) is 0 Å². The summed E-state index contributed by atoms with van der Waals surface area (Å²) in [6, 6.07) is -0.282. The van der Waals surface area contributed by atoms with Crippen LogP contribution in [0.2, 0.25) is 0 Å². The number of aliphatic hydroxyl groups excluding tert-OH is 1. The summed E-state index contributed by atoms with van der Waals surface area (Å²) in [5.41, 5.74) is 0. The lowest BCUT2D eigenvalue weighted by Gasteiger charge is -2.41. The first-order valence-electron chi connectivity index (χ1n) is 12.9. The summed E-state index contributed by atoms with van der Waals surface area (Å²) in [5, 5.41) is 13.4. The number of nitrogens with one attached hydrogen (secondary N) is 1. The van der Waals surface area contributed by atoms with E-state index in [1.54, 1.807) is 6.08 Å². The quantitative estimate of drug-likeness (QED) is 0.431. The van der Waals surface area contributed by atoms with Gasteiger partial charge in [-0.25, -0.2) is 0 Å². The van der Waals surface area contributed by atoms with Crippen LogP contribution in [0.3, 0.4) is 0 Å². The highest BCUT2D eigenvalue weighted by atomic mass is 16.9. The minimum Gasteiger partial charge on any atom is -0.396 e. The van der Waals surface area contributed by atoms with Gasteiger partial charge in [0.05, 0.1) is 6.61 Å². The van der Waals surface area contributed by atoms with Crippen LogP contribution in [-0.4, -0.2) is 104 Å². The Balaban J connectivity index is 1.30. The normalized spacial score (nSPS) is 44.7. The molecule has 36 heavy (non-hydrogen) atoms. The van der Waals surface area contributed by atoms with Crippen LogP contribution in [-0.2, 0) is 42.6 Å². The van der Waals surface area contributed by atoms with Crippen molar-refractivity contribution in [1.29, 1.82) is 0 Å². The summed E-state index contributed by atoms with van der Waals surface area (Å²) in [7, 11) is 0. The maximum atomic E-state index is 9.90. The number of ether oxygens (including phenoxy) is 9. The van der Waals surface area contributed by atoms with Crippen LogP contribution < -0.4 is 5.32 Å².